The van der Waals surface area contributed by atoms with E-state index in [9.17, 15) is 24.0 Å². The van der Waals surface area contributed by atoms with Crippen LogP contribution in [-0.2, 0) is 46.4 Å². The number of likely N-dealkylation sites (tertiary alicyclic amines) is 1. The van der Waals surface area contributed by atoms with Gasteiger partial charge in [-0.05, 0) is 58.6 Å². The molecule has 0 bridgehead atoms. The van der Waals surface area contributed by atoms with Crippen LogP contribution < -0.4 is 16.0 Å². The van der Waals surface area contributed by atoms with Crippen LogP contribution in [0.4, 0.5) is 10.6 Å². The Kier molecular flexibility index (Phi) is 16.8. The number of hydrogen-bond donors (Lipinski definition) is 3. The van der Waals surface area contributed by atoms with Crippen molar-refractivity contribution in [2.45, 2.75) is 89.8 Å². The molecule has 53 heavy (non-hydrogen) atoms. The van der Waals surface area contributed by atoms with E-state index in [-0.39, 0.29) is 49.8 Å². The number of anilines is 1. The van der Waals surface area contributed by atoms with Crippen LogP contribution in [0, 0.1) is 0 Å². The quantitative estimate of drug-likeness (QED) is 0.198. The average molecular weight is 778 g/mol. The summed E-state index contributed by atoms with van der Waals surface area (Å²) in [7, 11) is 1.30. The lowest BCUT2D eigenvalue weighted by atomic mass is 10.0. The Morgan fingerprint density at radius 1 is 0.925 bits per heavy atom. The molecule has 2 aromatic carbocycles. The molecule has 290 valence electrons. The van der Waals surface area contributed by atoms with Gasteiger partial charge >= 0.3 is 12.1 Å². The van der Waals surface area contributed by atoms with Crippen LogP contribution in [0.5, 0.6) is 0 Å². The first-order valence-corrected chi connectivity index (χ1v) is 16.9. The summed E-state index contributed by atoms with van der Waals surface area (Å²) >= 11 is 0. The molecule has 1 fully saturated rings. The molecule has 3 N–H and O–H groups in total. The van der Waals surface area contributed by atoms with Gasteiger partial charge in [0.1, 0.15) is 29.3 Å². The zero-order valence-electron chi connectivity index (χ0n) is 30.8. The molecule has 1 unspecified atom stereocenters. The van der Waals surface area contributed by atoms with Gasteiger partial charge in [-0.1, -0.05) is 60.7 Å². The Morgan fingerprint density at radius 3 is 2.15 bits per heavy atom. The van der Waals surface area contributed by atoms with Gasteiger partial charge in [-0.3, -0.25) is 14.4 Å². The molecule has 3 atom stereocenters. The second kappa shape index (κ2) is 20.0. The fourth-order valence-electron chi connectivity index (χ4n) is 5.55. The van der Waals surface area contributed by atoms with Crippen LogP contribution in [0.3, 0.4) is 0 Å². The Morgan fingerprint density at radius 2 is 1.55 bits per heavy atom. The number of carbonyl (C=O) groups is 5. The highest BCUT2D eigenvalue weighted by atomic mass is 35.5. The molecule has 14 nitrogen and oxygen atoms in total. The number of ether oxygens (including phenoxy) is 3. The molecule has 3 aromatic rings. The number of amides is 4. The number of nitrogens with one attached hydrogen (secondary N) is 3. The first kappa shape index (κ1) is 44.5. The summed E-state index contributed by atoms with van der Waals surface area (Å²) in [6.45, 7) is 8.48. The fourth-order valence-corrected chi connectivity index (χ4v) is 5.55. The summed E-state index contributed by atoms with van der Waals surface area (Å²) in [5.41, 5.74) is -0.472. The summed E-state index contributed by atoms with van der Waals surface area (Å²) in [6.07, 6.45) is 3.66. The predicted octanol–water partition coefficient (Wildman–Crippen LogP) is 4.62. The minimum Gasteiger partial charge on any atom is -0.467 e. The number of halogens is 2. The highest BCUT2D eigenvalue weighted by Gasteiger charge is 2.39. The zero-order chi connectivity index (χ0) is 37.2. The van der Waals surface area contributed by atoms with Crippen molar-refractivity contribution in [1.82, 2.24) is 25.1 Å². The van der Waals surface area contributed by atoms with Crippen molar-refractivity contribution in [2.75, 3.05) is 25.6 Å². The molecule has 1 aliphatic rings. The van der Waals surface area contributed by atoms with Gasteiger partial charge in [-0.15, -0.1) is 24.8 Å². The monoisotopic (exact) mass is 776 g/mol. The van der Waals surface area contributed by atoms with E-state index < -0.39 is 53.1 Å². The molecule has 0 spiro atoms. The lowest BCUT2D eigenvalue weighted by molar-refractivity contribution is -0.152. The Labute approximate surface area is 322 Å². The van der Waals surface area contributed by atoms with Gasteiger partial charge in [0.2, 0.25) is 11.8 Å². The molecule has 1 aliphatic heterocycles. The first-order valence-electron chi connectivity index (χ1n) is 16.9. The molecule has 1 saturated heterocycles. The van der Waals surface area contributed by atoms with E-state index in [2.05, 4.69) is 20.9 Å². The molecule has 0 saturated carbocycles. The fraction of sp³-hybridized carbons (Fsp3) is 0.459. The number of benzene rings is 2. The first-order chi connectivity index (χ1) is 24.2. The van der Waals surface area contributed by atoms with Crippen LogP contribution in [0.15, 0.2) is 73.2 Å². The van der Waals surface area contributed by atoms with E-state index in [4.69, 9.17) is 14.2 Å². The highest BCUT2D eigenvalue weighted by molar-refractivity contribution is 5.98. The lowest BCUT2D eigenvalue weighted by Gasteiger charge is -2.29. The van der Waals surface area contributed by atoms with Gasteiger partial charge in [0.25, 0.3) is 5.91 Å². The smallest absolute Gasteiger partial charge is 0.408 e. The summed E-state index contributed by atoms with van der Waals surface area (Å²) in [6, 6.07) is 16.1. The number of imidazole rings is 1. The summed E-state index contributed by atoms with van der Waals surface area (Å²) in [5.74, 6) is -1.90. The van der Waals surface area contributed by atoms with Crippen LogP contribution in [0.1, 0.15) is 64.6 Å². The van der Waals surface area contributed by atoms with Crippen LogP contribution in [0.25, 0.3) is 0 Å². The summed E-state index contributed by atoms with van der Waals surface area (Å²) < 4.78 is 17.7. The highest BCUT2D eigenvalue weighted by Crippen LogP contribution is 2.26. The van der Waals surface area contributed by atoms with Crippen molar-refractivity contribution in [3.63, 3.8) is 0 Å². The van der Waals surface area contributed by atoms with Gasteiger partial charge in [0.05, 0.1) is 26.7 Å². The van der Waals surface area contributed by atoms with Gasteiger partial charge in [-0.2, -0.15) is 0 Å². The van der Waals surface area contributed by atoms with Crippen molar-refractivity contribution >= 4 is 60.4 Å². The van der Waals surface area contributed by atoms with Crippen molar-refractivity contribution < 1.29 is 38.2 Å². The SMILES string of the molecule is COC(=O)[C@@H]1CCCN1C(=O)C(Cc1ccccc1)n1cnc(NC(=O)[C@@H](COCc2ccccc2)NC(=O)C(C)(C)NC(=O)OC(C)(C)C)c1.Cl.Cl. The maximum Gasteiger partial charge on any atom is 0.408 e. The average Bonchev–Trinajstić information content (AvgIpc) is 3.76. The second-order valence-electron chi connectivity index (χ2n) is 13.9. The standard InChI is InChI=1S/C37H48N6O8.2ClH/c1-36(2,3)51-35(48)41-37(4,5)34(47)39-27(23-50-22-26-16-11-8-12-17-26)31(44)40-30-21-42(24-38-30)29(20-25-14-9-7-10-15-25)32(45)43-19-13-18-28(43)33(46)49-6;;/h7-12,14-17,21,24,27-29H,13,18-20,22-23H2,1-6H3,(H,39,47)(H,40,44)(H,41,48);2*1H/t27-,28+,29?;;/m1../s1. The molecule has 1 aromatic heterocycles. The van der Waals surface area contributed by atoms with Gasteiger partial charge < -0.3 is 39.6 Å². The number of methoxy groups -OCH3 is 1. The molecule has 0 aliphatic carbocycles. The summed E-state index contributed by atoms with van der Waals surface area (Å²) in [4.78, 5) is 72.0. The zero-order valence-corrected chi connectivity index (χ0v) is 32.5. The third-order valence-electron chi connectivity index (χ3n) is 8.18. The van der Waals surface area contributed by atoms with E-state index >= 15 is 0 Å². The predicted molar refractivity (Wildman–Crippen MR) is 203 cm³/mol. The third-order valence-corrected chi connectivity index (χ3v) is 8.18. The van der Waals surface area contributed by atoms with E-state index in [1.807, 2.05) is 60.7 Å². The number of aromatic nitrogens is 2. The van der Waals surface area contributed by atoms with E-state index in [0.29, 0.717) is 25.8 Å². The Bertz CT molecular complexity index is 1670. The molecular weight excluding hydrogens is 727 g/mol. The number of nitrogens with zero attached hydrogens (tertiary/aromatic N) is 3. The van der Waals surface area contributed by atoms with Crippen molar-refractivity contribution in [3.05, 3.63) is 84.3 Å². The Balaban J connectivity index is 0.00000486. The maximum absolute atomic E-state index is 14.0. The Hall–Kier alpha value is -4.66. The van der Waals surface area contributed by atoms with E-state index in [0.717, 1.165) is 11.1 Å². The van der Waals surface area contributed by atoms with E-state index in [1.54, 1.807) is 30.2 Å². The van der Waals surface area contributed by atoms with Crippen molar-refractivity contribution in [2.24, 2.45) is 0 Å². The molecular formula is C37H50Cl2N6O8. The number of hydrogen-bond acceptors (Lipinski definition) is 9. The second-order valence-corrected chi connectivity index (χ2v) is 13.9. The lowest BCUT2D eigenvalue weighted by Crippen LogP contribution is -2.59. The van der Waals surface area contributed by atoms with Gasteiger partial charge in [0, 0.05) is 19.2 Å². The molecule has 4 amide bonds. The number of carbonyl (C=O) groups excluding carboxylic acids is 5. The van der Waals surface area contributed by atoms with Gasteiger partial charge in [0.15, 0.2) is 5.82 Å². The minimum absolute atomic E-state index is 0. The minimum atomic E-state index is -1.45. The van der Waals surface area contributed by atoms with Crippen molar-refractivity contribution in [1.29, 1.82) is 0 Å². The van der Waals surface area contributed by atoms with Gasteiger partial charge in [-0.25, -0.2) is 14.6 Å². The topological polar surface area (TPSA) is 170 Å². The molecule has 4 rings (SSSR count). The van der Waals surface area contributed by atoms with Crippen molar-refractivity contribution in [3.8, 4) is 0 Å². The third kappa shape index (κ3) is 13.1. The maximum atomic E-state index is 14.0. The largest absolute Gasteiger partial charge is 0.467 e. The molecule has 16 heteroatoms. The van der Waals surface area contributed by atoms with Crippen LogP contribution >= 0.6 is 24.8 Å². The van der Waals surface area contributed by atoms with E-state index in [1.165, 1.54) is 33.5 Å². The van der Waals surface area contributed by atoms with Crippen LogP contribution in [-0.4, -0.2) is 87.7 Å². The number of esters is 1. The molecule has 0 radical (unpaired) electrons. The number of rotatable bonds is 14. The summed E-state index contributed by atoms with van der Waals surface area (Å²) in [5, 5.41) is 7.96. The number of alkyl carbamates (subject to hydrolysis) is 1. The normalized spacial score (nSPS) is 15.1. The molecule has 2 heterocycles. The van der Waals surface area contributed by atoms with Crippen LogP contribution in [0.2, 0.25) is 0 Å².